The van der Waals surface area contributed by atoms with E-state index in [4.69, 9.17) is 11.6 Å². The maximum Gasteiger partial charge on any atom is 0.243 e. The van der Waals surface area contributed by atoms with E-state index in [-0.39, 0.29) is 5.95 Å². The number of hydrogen-bond acceptors (Lipinski definition) is 6. The second-order valence-corrected chi connectivity index (χ2v) is 3.71. The van der Waals surface area contributed by atoms with E-state index >= 15 is 0 Å². The predicted molar refractivity (Wildman–Crippen MR) is 68.4 cm³/mol. The zero-order chi connectivity index (χ0) is 12.5. The first-order chi connectivity index (χ1) is 8.79. The van der Waals surface area contributed by atoms with E-state index in [1.165, 1.54) is 4.52 Å². The van der Waals surface area contributed by atoms with Crippen molar-refractivity contribution in [2.75, 3.05) is 11.2 Å². The predicted octanol–water partition coefficient (Wildman–Crippen LogP) is 0.659. The molecule has 18 heavy (non-hydrogen) atoms. The highest BCUT2D eigenvalue weighted by atomic mass is 15.4. The van der Waals surface area contributed by atoms with Crippen molar-refractivity contribution < 1.29 is 0 Å². The molecule has 0 atom stereocenters. The summed E-state index contributed by atoms with van der Waals surface area (Å²) in [5, 5.41) is 4.20. The van der Waals surface area contributed by atoms with Crippen LogP contribution in [0, 0.1) is 0 Å². The molecule has 1 aromatic carbocycles. The van der Waals surface area contributed by atoms with Crippen molar-refractivity contribution in [3.05, 3.63) is 36.5 Å². The second-order valence-electron chi connectivity index (χ2n) is 3.71. The van der Waals surface area contributed by atoms with Crippen molar-refractivity contribution >= 4 is 17.5 Å². The molecule has 3 rings (SSSR count). The van der Waals surface area contributed by atoms with Gasteiger partial charge in [-0.2, -0.15) is 19.6 Å². The van der Waals surface area contributed by atoms with Crippen LogP contribution < -0.4 is 17.0 Å². The van der Waals surface area contributed by atoms with Gasteiger partial charge in [-0.15, -0.1) is 0 Å². The molecule has 0 radical (unpaired) electrons. The fourth-order valence-electron chi connectivity index (χ4n) is 1.81. The van der Waals surface area contributed by atoms with Crippen molar-refractivity contribution in [3.63, 3.8) is 0 Å². The average Bonchev–Trinajstić information content (AvgIpc) is 2.82. The number of nitrogens with one attached hydrogen (secondary N) is 1. The van der Waals surface area contributed by atoms with Crippen molar-refractivity contribution in [2.24, 2.45) is 5.84 Å². The van der Waals surface area contributed by atoms with Crippen molar-refractivity contribution in [1.29, 1.82) is 0 Å². The number of nitrogens with two attached hydrogens (primary N) is 2. The molecule has 0 spiro atoms. The number of benzene rings is 1. The Morgan fingerprint density at radius 2 is 1.89 bits per heavy atom. The minimum Gasteiger partial charge on any atom is -0.368 e. The number of hydrazine groups is 1. The fraction of sp³-hybridized carbons (Fsp3) is 0. The number of rotatable bonds is 2. The van der Waals surface area contributed by atoms with Crippen molar-refractivity contribution in [3.8, 4) is 11.1 Å². The van der Waals surface area contributed by atoms with Gasteiger partial charge in [-0.25, -0.2) is 5.84 Å². The van der Waals surface area contributed by atoms with Crippen LogP contribution >= 0.6 is 0 Å². The van der Waals surface area contributed by atoms with Crippen molar-refractivity contribution in [2.45, 2.75) is 0 Å². The second kappa shape index (κ2) is 3.97. The van der Waals surface area contributed by atoms with Crippen LogP contribution in [0.3, 0.4) is 0 Å². The lowest BCUT2D eigenvalue weighted by atomic mass is 10.1. The lowest BCUT2D eigenvalue weighted by molar-refractivity contribution is 0.896. The Balaban J connectivity index is 2.30. The molecule has 0 bridgehead atoms. The first-order valence-corrected chi connectivity index (χ1v) is 5.33. The molecule has 2 aromatic heterocycles. The van der Waals surface area contributed by atoms with Crippen LogP contribution in [0.4, 0.5) is 11.9 Å². The summed E-state index contributed by atoms with van der Waals surface area (Å²) in [5.74, 6) is 5.87. The topological polar surface area (TPSA) is 107 Å². The minimum absolute atomic E-state index is 0.146. The molecule has 2 heterocycles. The molecule has 0 aliphatic carbocycles. The highest BCUT2D eigenvalue weighted by molar-refractivity contribution is 5.78. The van der Waals surface area contributed by atoms with Gasteiger partial charge in [0.1, 0.15) is 0 Å². The van der Waals surface area contributed by atoms with E-state index < -0.39 is 0 Å². The first kappa shape index (κ1) is 10.5. The highest BCUT2D eigenvalue weighted by Gasteiger charge is 2.12. The Morgan fingerprint density at radius 3 is 2.61 bits per heavy atom. The summed E-state index contributed by atoms with van der Waals surface area (Å²) in [7, 11) is 0. The molecule has 7 heteroatoms. The van der Waals surface area contributed by atoms with Gasteiger partial charge in [-0.05, 0) is 5.56 Å². The average molecular weight is 241 g/mol. The summed E-state index contributed by atoms with van der Waals surface area (Å²) in [4.78, 5) is 8.15. The number of hydrogen-bond donors (Lipinski definition) is 3. The zero-order valence-corrected chi connectivity index (χ0v) is 9.41. The van der Waals surface area contributed by atoms with Crippen LogP contribution in [0.1, 0.15) is 0 Å². The monoisotopic (exact) mass is 241 g/mol. The Kier molecular flexibility index (Phi) is 2.31. The zero-order valence-electron chi connectivity index (χ0n) is 9.41. The van der Waals surface area contributed by atoms with E-state index in [9.17, 15) is 0 Å². The van der Waals surface area contributed by atoms with Gasteiger partial charge in [-0.1, -0.05) is 30.3 Å². The molecule has 0 amide bonds. The van der Waals surface area contributed by atoms with Crippen LogP contribution in [0.5, 0.6) is 0 Å². The van der Waals surface area contributed by atoms with Crippen LogP contribution in [-0.2, 0) is 0 Å². The molecule has 7 nitrogen and oxygen atoms in total. The lowest BCUT2D eigenvalue weighted by Crippen LogP contribution is -2.15. The largest absolute Gasteiger partial charge is 0.368 e. The Bertz CT molecular complexity index is 689. The number of nitrogens with zero attached hydrogens (tertiary/aromatic N) is 4. The molecule has 0 saturated heterocycles. The summed E-state index contributed by atoms with van der Waals surface area (Å²) in [6.07, 6.45) is 1.71. The minimum atomic E-state index is 0.146. The van der Waals surface area contributed by atoms with Crippen LogP contribution in [0.2, 0.25) is 0 Å². The highest BCUT2D eigenvalue weighted by Crippen LogP contribution is 2.24. The van der Waals surface area contributed by atoms with Gasteiger partial charge in [0.05, 0.1) is 6.20 Å². The third-order valence-electron chi connectivity index (χ3n) is 2.60. The summed E-state index contributed by atoms with van der Waals surface area (Å²) in [5.41, 5.74) is 10.6. The van der Waals surface area contributed by atoms with Crippen LogP contribution in [-0.4, -0.2) is 19.6 Å². The van der Waals surface area contributed by atoms with E-state index in [1.807, 2.05) is 30.3 Å². The third kappa shape index (κ3) is 1.54. The summed E-state index contributed by atoms with van der Waals surface area (Å²) in [6, 6.07) is 9.80. The molecule has 0 aliphatic heterocycles. The standard InChI is InChI=1S/C11H11N7/c12-10-15-9-8(7-4-2-1-3-5-7)6-14-18(9)11(16-10)17-13/h1-6H,13H2,(H3,12,15,16,17). The van der Waals surface area contributed by atoms with E-state index in [0.717, 1.165) is 11.1 Å². The summed E-state index contributed by atoms with van der Waals surface area (Å²) in [6.45, 7) is 0. The molecular formula is C11H11N7. The fourth-order valence-corrected chi connectivity index (χ4v) is 1.81. The summed E-state index contributed by atoms with van der Waals surface area (Å²) < 4.78 is 1.51. The van der Waals surface area contributed by atoms with Crippen LogP contribution in [0.25, 0.3) is 16.8 Å². The Morgan fingerprint density at radius 1 is 1.11 bits per heavy atom. The summed E-state index contributed by atoms with van der Waals surface area (Å²) >= 11 is 0. The van der Waals surface area contributed by atoms with Gasteiger partial charge in [0.2, 0.25) is 11.9 Å². The lowest BCUT2D eigenvalue weighted by Gasteiger charge is -2.04. The van der Waals surface area contributed by atoms with Gasteiger partial charge in [0.15, 0.2) is 5.65 Å². The number of fused-ring (bicyclic) bond motifs is 1. The third-order valence-corrected chi connectivity index (χ3v) is 2.60. The SMILES string of the molecule is NNc1nc(N)nc2c(-c3ccccc3)cnn12. The molecule has 0 aliphatic rings. The molecule has 3 aromatic rings. The Labute approximate surface area is 102 Å². The van der Waals surface area contributed by atoms with E-state index in [2.05, 4.69) is 20.5 Å². The number of aromatic nitrogens is 4. The molecule has 0 saturated carbocycles. The maximum atomic E-state index is 5.65. The van der Waals surface area contributed by atoms with Crippen LogP contribution in [0.15, 0.2) is 36.5 Å². The van der Waals surface area contributed by atoms with Crippen molar-refractivity contribution in [1.82, 2.24) is 19.6 Å². The quantitative estimate of drug-likeness (QED) is 0.449. The smallest absolute Gasteiger partial charge is 0.243 e. The molecule has 5 N–H and O–H groups in total. The molecule has 0 unspecified atom stereocenters. The number of nitrogen functional groups attached to an aromatic ring is 2. The molecule has 90 valence electrons. The van der Waals surface area contributed by atoms with Gasteiger partial charge in [0.25, 0.3) is 0 Å². The van der Waals surface area contributed by atoms with Gasteiger partial charge >= 0.3 is 0 Å². The van der Waals surface area contributed by atoms with E-state index in [1.54, 1.807) is 6.20 Å². The van der Waals surface area contributed by atoms with Gasteiger partial charge in [-0.3, -0.25) is 5.43 Å². The van der Waals surface area contributed by atoms with Gasteiger partial charge in [0, 0.05) is 5.56 Å². The maximum absolute atomic E-state index is 5.65. The normalized spacial score (nSPS) is 10.7. The number of anilines is 2. The molecular weight excluding hydrogens is 230 g/mol. The van der Waals surface area contributed by atoms with Gasteiger partial charge < -0.3 is 5.73 Å². The van der Waals surface area contributed by atoms with E-state index in [0.29, 0.717) is 11.6 Å². The Hall–Kier alpha value is -2.67. The molecule has 0 fully saturated rings. The first-order valence-electron chi connectivity index (χ1n) is 5.33.